The lowest BCUT2D eigenvalue weighted by Crippen LogP contribution is -1.99. The zero-order valence-corrected chi connectivity index (χ0v) is 9.29. The lowest BCUT2D eigenvalue weighted by molar-refractivity contribution is 0.0696. The van der Waals surface area contributed by atoms with Crippen LogP contribution in [-0.2, 0) is 0 Å². The molecule has 88 valence electrons. The molecule has 0 amide bonds. The zero-order chi connectivity index (χ0) is 12.5. The van der Waals surface area contributed by atoms with Crippen LogP contribution in [0.5, 0.6) is 0 Å². The van der Waals surface area contributed by atoms with E-state index in [1.165, 1.54) is 12.4 Å². The van der Waals surface area contributed by atoms with Crippen LogP contribution in [0.3, 0.4) is 0 Å². The number of aromatic nitrogens is 3. The Kier molecular flexibility index (Phi) is 2.30. The van der Waals surface area contributed by atoms with Crippen LogP contribution in [0.15, 0.2) is 42.9 Å². The molecule has 1 aromatic carbocycles. The molecule has 3 aromatic rings. The van der Waals surface area contributed by atoms with Crippen LogP contribution >= 0.6 is 0 Å². The van der Waals surface area contributed by atoms with Gasteiger partial charge in [0.25, 0.3) is 0 Å². The maximum Gasteiger partial charge on any atom is 0.338 e. The lowest BCUT2D eigenvalue weighted by atomic mass is 10.1. The number of aromatic amines is 1. The first-order chi connectivity index (χ1) is 8.75. The van der Waals surface area contributed by atoms with Gasteiger partial charge in [0.1, 0.15) is 0 Å². The van der Waals surface area contributed by atoms with Gasteiger partial charge in [-0.1, -0.05) is 18.2 Å². The highest BCUT2D eigenvalue weighted by molar-refractivity contribution is 5.94. The van der Waals surface area contributed by atoms with Crippen molar-refractivity contribution in [3.05, 3.63) is 48.4 Å². The van der Waals surface area contributed by atoms with Gasteiger partial charge in [0.05, 0.1) is 5.56 Å². The van der Waals surface area contributed by atoms with Gasteiger partial charge in [0, 0.05) is 35.1 Å². The van der Waals surface area contributed by atoms with Gasteiger partial charge in [-0.2, -0.15) is 0 Å². The topological polar surface area (TPSA) is 78.9 Å². The van der Waals surface area contributed by atoms with Crippen LogP contribution in [-0.4, -0.2) is 26.0 Å². The Balaban J connectivity index is 2.12. The first kappa shape index (κ1) is 10.5. The Morgan fingerprint density at radius 1 is 1.17 bits per heavy atom. The molecule has 0 saturated heterocycles. The molecular formula is C13H9N3O2. The van der Waals surface area contributed by atoms with E-state index in [4.69, 9.17) is 5.11 Å². The van der Waals surface area contributed by atoms with E-state index in [0.29, 0.717) is 5.82 Å². The summed E-state index contributed by atoms with van der Waals surface area (Å²) in [4.78, 5) is 22.0. The summed E-state index contributed by atoms with van der Waals surface area (Å²) in [7, 11) is 0. The number of nitrogens with one attached hydrogen (secondary N) is 1. The van der Waals surface area contributed by atoms with E-state index in [-0.39, 0.29) is 5.56 Å². The number of carboxylic acid groups (broad SMARTS) is 1. The van der Waals surface area contributed by atoms with Gasteiger partial charge >= 0.3 is 5.97 Å². The SMILES string of the molecule is O=C(O)c1cnc(-c2c[nH]c3ccccc23)nc1. The van der Waals surface area contributed by atoms with Crippen LogP contribution in [0.2, 0.25) is 0 Å². The molecule has 0 aliphatic carbocycles. The second kappa shape index (κ2) is 3.96. The second-order valence-corrected chi connectivity index (χ2v) is 3.85. The molecule has 5 nitrogen and oxygen atoms in total. The van der Waals surface area contributed by atoms with Crippen LogP contribution in [0.25, 0.3) is 22.3 Å². The van der Waals surface area contributed by atoms with Crippen molar-refractivity contribution >= 4 is 16.9 Å². The Bertz CT molecular complexity index is 716. The number of aromatic carboxylic acids is 1. The highest BCUT2D eigenvalue weighted by Gasteiger charge is 2.09. The number of hydrogen-bond acceptors (Lipinski definition) is 3. The molecule has 3 rings (SSSR count). The summed E-state index contributed by atoms with van der Waals surface area (Å²) < 4.78 is 0. The summed E-state index contributed by atoms with van der Waals surface area (Å²) >= 11 is 0. The predicted octanol–water partition coefficient (Wildman–Crippen LogP) is 2.32. The molecule has 0 saturated carbocycles. The average Bonchev–Trinajstić information content (AvgIpc) is 2.82. The Hall–Kier alpha value is -2.69. The molecule has 0 aliphatic rings. The quantitative estimate of drug-likeness (QED) is 0.719. The fourth-order valence-electron chi connectivity index (χ4n) is 1.83. The van der Waals surface area contributed by atoms with E-state index in [0.717, 1.165) is 16.5 Å². The molecule has 0 fully saturated rings. The summed E-state index contributed by atoms with van der Waals surface area (Å²) in [6.07, 6.45) is 4.44. The Morgan fingerprint density at radius 3 is 2.61 bits per heavy atom. The number of H-pyrrole nitrogens is 1. The van der Waals surface area contributed by atoms with E-state index >= 15 is 0 Å². The number of rotatable bonds is 2. The zero-order valence-electron chi connectivity index (χ0n) is 9.29. The number of nitrogens with zero attached hydrogens (tertiary/aromatic N) is 2. The van der Waals surface area contributed by atoms with Crippen molar-refractivity contribution in [2.24, 2.45) is 0 Å². The van der Waals surface area contributed by atoms with Gasteiger partial charge in [-0.25, -0.2) is 14.8 Å². The van der Waals surface area contributed by atoms with Crippen LogP contribution in [0.4, 0.5) is 0 Å². The van der Waals surface area contributed by atoms with Crippen molar-refractivity contribution in [3.63, 3.8) is 0 Å². The summed E-state index contributed by atoms with van der Waals surface area (Å²) in [5, 5.41) is 9.81. The molecule has 0 atom stereocenters. The molecule has 2 heterocycles. The number of para-hydroxylation sites is 1. The van der Waals surface area contributed by atoms with Crippen molar-refractivity contribution in [3.8, 4) is 11.4 Å². The fourth-order valence-corrected chi connectivity index (χ4v) is 1.83. The molecule has 18 heavy (non-hydrogen) atoms. The first-order valence-corrected chi connectivity index (χ1v) is 5.37. The smallest absolute Gasteiger partial charge is 0.338 e. The van der Waals surface area contributed by atoms with Crippen molar-refractivity contribution < 1.29 is 9.90 Å². The normalized spacial score (nSPS) is 10.7. The van der Waals surface area contributed by atoms with Crippen molar-refractivity contribution in [2.45, 2.75) is 0 Å². The predicted molar refractivity (Wildman–Crippen MR) is 66.3 cm³/mol. The third kappa shape index (κ3) is 1.62. The van der Waals surface area contributed by atoms with Crippen molar-refractivity contribution in [2.75, 3.05) is 0 Å². The van der Waals surface area contributed by atoms with Crippen LogP contribution < -0.4 is 0 Å². The highest BCUT2D eigenvalue weighted by Crippen LogP contribution is 2.25. The van der Waals surface area contributed by atoms with Crippen molar-refractivity contribution in [1.29, 1.82) is 0 Å². The highest BCUT2D eigenvalue weighted by atomic mass is 16.4. The van der Waals surface area contributed by atoms with E-state index in [1.807, 2.05) is 30.5 Å². The van der Waals surface area contributed by atoms with E-state index < -0.39 is 5.97 Å². The molecule has 2 N–H and O–H groups in total. The number of fused-ring (bicyclic) bond motifs is 1. The number of carbonyl (C=O) groups is 1. The van der Waals surface area contributed by atoms with Gasteiger partial charge in [-0.15, -0.1) is 0 Å². The molecule has 0 spiro atoms. The summed E-state index contributed by atoms with van der Waals surface area (Å²) in [5.74, 6) is -0.516. The molecule has 5 heteroatoms. The van der Waals surface area contributed by atoms with Crippen molar-refractivity contribution in [1.82, 2.24) is 15.0 Å². The number of hydrogen-bond donors (Lipinski definition) is 2. The monoisotopic (exact) mass is 239 g/mol. The Morgan fingerprint density at radius 2 is 1.89 bits per heavy atom. The number of carboxylic acids is 1. The van der Waals surface area contributed by atoms with Gasteiger partial charge in [0.15, 0.2) is 5.82 Å². The number of benzene rings is 1. The van der Waals surface area contributed by atoms with E-state index in [9.17, 15) is 4.79 Å². The molecule has 0 bridgehead atoms. The minimum Gasteiger partial charge on any atom is -0.478 e. The molecule has 0 aliphatic heterocycles. The molecule has 0 unspecified atom stereocenters. The van der Waals surface area contributed by atoms with Gasteiger partial charge < -0.3 is 10.1 Å². The molecular weight excluding hydrogens is 230 g/mol. The maximum absolute atomic E-state index is 10.7. The average molecular weight is 239 g/mol. The van der Waals surface area contributed by atoms with E-state index in [2.05, 4.69) is 15.0 Å². The van der Waals surface area contributed by atoms with Gasteiger partial charge in [-0.3, -0.25) is 0 Å². The van der Waals surface area contributed by atoms with Gasteiger partial charge in [-0.05, 0) is 6.07 Å². The standard InChI is InChI=1S/C13H9N3O2/c17-13(18)8-5-15-12(16-6-8)10-7-14-11-4-2-1-3-9(10)11/h1-7,14H,(H,17,18). The summed E-state index contributed by atoms with van der Waals surface area (Å²) in [6, 6.07) is 7.81. The van der Waals surface area contributed by atoms with Crippen LogP contribution in [0.1, 0.15) is 10.4 Å². The minimum absolute atomic E-state index is 0.0820. The largest absolute Gasteiger partial charge is 0.478 e. The molecule has 2 aromatic heterocycles. The maximum atomic E-state index is 10.7. The van der Waals surface area contributed by atoms with Crippen LogP contribution in [0, 0.1) is 0 Å². The third-order valence-corrected chi connectivity index (χ3v) is 2.73. The summed E-state index contributed by atoms with van der Waals surface area (Å²) in [6.45, 7) is 0. The summed E-state index contributed by atoms with van der Waals surface area (Å²) in [5.41, 5.74) is 1.94. The second-order valence-electron chi connectivity index (χ2n) is 3.85. The minimum atomic E-state index is -1.03. The molecule has 0 radical (unpaired) electrons. The van der Waals surface area contributed by atoms with E-state index in [1.54, 1.807) is 0 Å². The first-order valence-electron chi connectivity index (χ1n) is 5.37. The lowest BCUT2D eigenvalue weighted by Gasteiger charge is -1.98. The Labute approximate surface area is 102 Å². The van der Waals surface area contributed by atoms with Gasteiger partial charge in [0.2, 0.25) is 0 Å². The fraction of sp³-hybridized carbons (Fsp3) is 0. The third-order valence-electron chi connectivity index (χ3n) is 2.73.